The average molecular weight is 372 g/mol. The SMILES string of the molecule is COc1cc(/C=C/C(=O)OCC(=O)N2CCC[C@@H](C)C2)ccc1OCC#N. The number of amides is 1. The van der Waals surface area contributed by atoms with Gasteiger partial charge in [0.05, 0.1) is 7.11 Å². The van der Waals surface area contributed by atoms with E-state index in [9.17, 15) is 9.59 Å². The molecule has 2 rings (SSSR count). The molecule has 1 atom stereocenters. The molecule has 1 aromatic carbocycles. The molecular formula is C20H24N2O5. The van der Waals surface area contributed by atoms with E-state index in [0.29, 0.717) is 29.5 Å². The Labute approximate surface area is 159 Å². The van der Waals surface area contributed by atoms with Crippen LogP contribution >= 0.6 is 0 Å². The van der Waals surface area contributed by atoms with Gasteiger partial charge < -0.3 is 19.1 Å². The number of nitrogens with zero attached hydrogens (tertiary/aromatic N) is 2. The molecule has 7 nitrogen and oxygen atoms in total. The highest BCUT2D eigenvalue weighted by atomic mass is 16.5. The lowest BCUT2D eigenvalue weighted by atomic mass is 10.0. The molecule has 0 radical (unpaired) electrons. The number of benzene rings is 1. The van der Waals surface area contributed by atoms with E-state index in [1.54, 1.807) is 29.2 Å². The fourth-order valence-corrected chi connectivity index (χ4v) is 2.87. The zero-order chi connectivity index (χ0) is 19.6. The van der Waals surface area contributed by atoms with E-state index in [-0.39, 0.29) is 19.1 Å². The predicted molar refractivity (Wildman–Crippen MR) is 99.1 cm³/mol. The zero-order valence-corrected chi connectivity index (χ0v) is 15.6. The van der Waals surface area contributed by atoms with Crippen LogP contribution in [0.25, 0.3) is 6.08 Å². The van der Waals surface area contributed by atoms with Gasteiger partial charge in [0, 0.05) is 19.2 Å². The van der Waals surface area contributed by atoms with Crippen LogP contribution in [-0.2, 0) is 14.3 Å². The molecule has 1 aliphatic rings. The smallest absolute Gasteiger partial charge is 0.331 e. The molecular weight excluding hydrogens is 348 g/mol. The second kappa shape index (κ2) is 10.2. The summed E-state index contributed by atoms with van der Waals surface area (Å²) in [7, 11) is 1.49. The maximum absolute atomic E-state index is 12.1. The summed E-state index contributed by atoms with van der Waals surface area (Å²) in [5, 5.41) is 8.57. The van der Waals surface area contributed by atoms with E-state index in [1.807, 2.05) is 6.07 Å². The number of carbonyl (C=O) groups is 2. The summed E-state index contributed by atoms with van der Waals surface area (Å²) in [5.41, 5.74) is 0.698. The third-order valence-electron chi connectivity index (χ3n) is 4.24. The molecule has 0 bridgehead atoms. The lowest BCUT2D eigenvalue weighted by Crippen LogP contribution is -2.41. The predicted octanol–water partition coefficient (Wildman–Crippen LogP) is 2.41. The van der Waals surface area contributed by atoms with E-state index in [4.69, 9.17) is 19.5 Å². The van der Waals surface area contributed by atoms with Crippen LogP contribution in [0.4, 0.5) is 0 Å². The maximum atomic E-state index is 12.1. The molecule has 7 heteroatoms. The van der Waals surface area contributed by atoms with Gasteiger partial charge in [0.2, 0.25) is 0 Å². The highest BCUT2D eigenvalue weighted by Crippen LogP contribution is 2.28. The van der Waals surface area contributed by atoms with Gasteiger partial charge in [-0.15, -0.1) is 0 Å². The van der Waals surface area contributed by atoms with Crippen LogP contribution in [0.3, 0.4) is 0 Å². The van der Waals surface area contributed by atoms with Crippen LogP contribution in [-0.4, -0.2) is 50.2 Å². The van der Waals surface area contributed by atoms with E-state index in [2.05, 4.69) is 6.92 Å². The van der Waals surface area contributed by atoms with Crippen LogP contribution in [0.1, 0.15) is 25.3 Å². The highest BCUT2D eigenvalue weighted by molar-refractivity contribution is 5.89. The molecule has 0 N–H and O–H groups in total. The first-order valence-electron chi connectivity index (χ1n) is 8.84. The number of nitriles is 1. The van der Waals surface area contributed by atoms with Crippen molar-refractivity contribution in [3.8, 4) is 17.6 Å². The summed E-state index contributed by atoms with van der Waals surface area (Å²) in [6.45, 7) is 3.21. The lowest BCUT2D eigenvalue weighted by Gasteiger charge is -2.30. The zero-order valence-electron chi connectivity index (χ0n) is 15.6. The van der Waals surface area contributed by atoms with Gasteiger partial charge in [0.15, 0.2) is 24.7 Å². The first-order valence-corrected chi connectivity index (χ1v) is 8.84. The Balaban J connectivity index is 1.86. The van der Waals surface area contributed by atoms with Crippen LogP contribution in [0, 0.1) is 17.2 Å². The van der Waals surface area contributed by atoms with Crippen LogP contribution in [0.15, 0.2) is 24.3 Å². The second-order valence-corrected chi connectivity index (χ2v) is 6.39. The molecule has 0 saturated carbocycles. The molecule has 0 aliphatic carbocycles. The Hall–Kier alpha value is -3.01. The Morgan fingerprint density at radius 2 is 2.19 bits per heavy atom. The van der Waals surface area contributed by atoms with Crippen LogP contribution < -0.4 is 9.47 Å². The summed E-state index contributed by atoms with van der Waals surface area (Å²) in [4.78, 5) is 25.7. The fraction of sp³-hybridized carbons (Fsp3) is 0.450. The summed E-state index contributed by atoms with van der Waals surface area (Å²) in [6, 6.07) is 6.94. The van der Waals surface area contributed by atoms with Crippen molar-refractivity contribution in [2.24, 2.45) is 5.92 Å². The molecule has 144 valence electrons. The van der Waals surface area contributed by atoms with Crippen molar-refractivity contribution in [3.05, 3.63) is 29.8 Å². The summed E-state index contributed by atoms with van der Waals surface area (Å²) in [5.74, 6) is 0.629. The monoisotopic (exact) mass is 372 g/mol. The summed E-state index contributed by atoms with van der Waals surface area (Å²) >= 11 is 0. The van der Waals surface area contributed by atoms with E-state index in [0.717, 1.165) is 19.4 Å². The molecule has 1 fully saturated rings. The Kier molecular flexibility index (Phi) is 7.68. The number of esters is 1. The highest BCUT2D eigenvalue weighted by Gasteiger charge is 2.21. The number of likely N-dealkylation sites (tertiary alicyclic amines) is 1. The molecule has 1 amide bonds. The normalized spacial score (nSPS) is 16.6. The minimum atomic E-state index is -0.586. The van der Waals surface area contributed by atoms with Gasteiger partial charge in [-0.1, -0.05) is 13.0 Å². The van der Waals surface area contributed by atoms with Crippen molar-refractivity contribution in [2.45, 2.75) is 19.8 Å². The van der Waals surface area contributed by atoms with Crippen molar-refractivity contribution in [2.75, 3.05) is 33.4 Å². The third-order valence-corrected chi connectivity index (χ3v) is 4.24. The van der Waals surface area contributed by atoms with Gasteiger partial charge in [-0.25, -0.2) is 4.79 Å². The quantitative estimate of drug-likeness (QED) is 0.539. The molecule has 0 aromatic heterocycles. The maximum Gasteiger partial charge on any atom is 0.331 e. The van der Waals surface area contributed by atoms with E-state index >= 15 is 0 Å². The molecule has 1 aromatic rings. The largest absolute Gasteiger partial charge is 0.493 e. The van der Waals surface area contributed by atoms with Crippen LogP contribution in [0.5, 0.6) is 11.5 Å². The van der Waals surface area contributed by atoms with Crippen molar-refractivity contribution in [3.63, 3.8) is 0 Å². The molecule has 0 spiro atoms. The Bertz CT molecular complexity index is 738. The first-order chi connectivity index (χ1) is 13.0. The van der Waals surface area contributed by atoms with Gasteiger partial charge >= 0.3 is 5.97 Å². The van der Waals surface area contributed by atoms with Crippen molar-refractivity contribution < 1.29 is 23.8 Å². The molecule has 1 saturated heterocycles. The number of ether oxygens (including phenoxy) is 3. The topological polar surface area (TPSA) is 88.9 Å². The van der Waals surface area contributed by atoms with Crippen molar-refractivity contribution in [1.82, 2.24) is 4.90 Å². The number of hydrogen-bond acceptors (Lipinski definition) is 6. The van der Waals surface area contributed by atoms with Gasteiger partial charge in [-0.2, -0.15) is 5.26 Å². The third kappa shape index (κ3) is 6.33. The van der Waals surface area contributed by atoms with Gasteiger partial charge in [-0.05, 0) is 42.5 Å². The van der Waals surface area contributed by atoms with Crippen LogP contribution in [0.2, 0.25) is 0 Å². The molecule has 27 heavy (non-hydrogen) atoms. The number of methoxy groups -OCH3 is 1. The van der Waals surface area contributed by atoms with Crippen molar-refractivity contribution >= 4 is 18.0 Å². The number of hydrogen-bond donors (Lipinski definition) is 0. The lowest BCUT2D eigenvalue weighted by molar-refractivity contribution is -0.149. The van der Waals surface area contributed by atoms with E-state index in [1.165, 1.54) is 13.2 Å². The second-order valence-electron chi connectivity index (χ2n) is 6.39. The Morgan fingerprint density at radius 3 is 2.89 bits per heavy atom. The van der Waals surface area contributed by atoms with E-state index < -0.39 is 5.97 Å². The summed E-state index contributed by atoms with van der Waals surface area (Å²) in [6.07, 6.45) is 4.93. The van der Waals surface area contributed by atoms with Gasteiger partial charge in [-0.3, -0.25) is 4.79 Å². The van der Waals surface area contributed by atoms with Crippen molar-refractivity contribution in [1.29, 1.82) is 5.26 Å². The first kappa shape index (κ1) is 20.3. The molecule has 1 aliphatic heterocycles. The fourth-order valence-electron chi connectivity index (χ4n) is 2.87. The molecule has 1 heterocycles. The Morgan fingerprint density at radius 1 is 1.37 bits per heavy atom. The van der Waals surface area contributed by atoms with Gasteiger partial charge in [0.25, 0.3) is 5.91 Å². The summed E-state index contributed by atoms with van der Waals surface area (Å²) < 4.78 is 15.5. The minimum absolute atomic E-state index is 0.0817. The number of carbonyl (C=O) groups excluding carboxylic acids is 2. The standard InChI is InChI=1S/C20H24N2O5/c1-15-4-3-10-22(13-15)19(23)14-27-20(24)8-6-16-5-7-17(26-11-9-21)18(12-16)25-2/h5-8,12,15H,3-4,10-11,13-14H2,1-2H3/b8-6+/t15-/m1/s1. The minimum Gasteiger partial charge on any atom is -0.493 e. The number of rotatable bonds is 7. The van der Waals surface area contributed by atoms with Gasteiger partial charge in [0.1, 0.15) is 6.07 Å². The average Bonchev–Trinajstić information content (AvgIpc) is 2.69. The number of piperidine rings is 1. The molecule has 0 unspecified atom stereocenters.